The summed E-state index contributed by atoms with van der Waals surface area (Å²) in [5, 5.41) is 5.17. The molecule has 0 spiro atoms. The molecule has 6 nitrogen and oxygen atoms in total. The van der Waals surface area contributed by atoms with Crippen molar-refractivity contribution in [1.29, 1.82) is 0 Å². The molecule has 2 aromatic rings. The lowest BCUT2D eigenvalue weighted by molar-refractivity contribution is -0.134. The SMILES string of the molecule is C[C@@H](Sc1nc(C2CC2)n(-c2ccccc2)n1)C(=O)N1CCOCC1. The lowest BCUT2D eigenvalue weighted by Gasteiger charge is -2.28. The van der Waals surface area contributed by atoms with Crippen molar-refractivity contribution < 1.29 is 9.53 Å². The minimum absolute atomic E-state index is 0.136. The van der Waals surface area contributed by atoms with Crippen LogP contribution in [-0.4, -0.2) is 57.1 Å². The number of ether oxygens (including phenoxy) is 1. The van der Waals surface area contributed by atoms with Crippen LogP contribution in [-0.2, 0) is 9.53 Å². The smallest absolute Gasteiger partial charge is 0.236 e. The van der Waals surface area contributed by atoms with Crippen molar-refractivity contribution >= 4 is 17.7 Å². The molecule has 25 heavy (non-hydrogen) atoms. The molecular weight excluding hydrogens is 336 g/mol. The molecule has 1 saturated heterocycles. The molecule has 4 rings (SSSR count). The summed E-state index contributed by atoms with van der Waals surface area (Å²) in [6.07, 6.45) is 2.33. The van der Waals surface area contributed by atoms with E-state index in [1.54, 1.807) is 0 Å². The molecule has 1 aliphatic carbocycles. The Morgan fingerprint density at radius 1 is 1.24 bits per heavy atom. The van der Waals surface area contributed by atoms with Crippen molar-refractivity contribution in [1.82, 2.24) is 19.7 Å². The van der Waals surface area contributed by atoms with Gasteiger partial charge in [0.1, 0.15) is 5.82 Å². The van der Waals surface area contributed by atoms with Crippen LogP contribution < -0.4 is 0 Å². The molecule has 7 heteroatoms. The number of aromatic nitrogens is 3. The molecule has 2 heterocycles. The van der Waals surface area contributed by atoms with Gasteiger partial charge in [0.25, 0.3) is 0 Å². The number of thioether (sulfide) groups is 1. The Balaban J connectivity index is 1.51. The van der Waals surface area contributed by atoms with Gasteiger partial charge in [0.05, 0.1) is 24.2 Å². The molecule has 1 aromatic heterocycles. The maximum Gasteiger partial charge on any atom is 0.236 e. The topological polar surface area (TPSA) is 60.2 Å². The van der Waals surface area contributed by atoms with E-state index in [1.807, 2.05) is 46.8 Å². The van der Waals surface area contributed by atoms with E-state index in [0.717, 1.165) is 24.4 Å². The van der Waals surface area contributed by atoms with Crippen molar-refractivity contribution in [2.24, 2.45) is 0 Å². The summed E-state index contributed by atoms with van der Waals surface area (Å²) in [4.78, 5) is 19.2. The van der Waals surface area contributed by atoms with Crippen LogP contribution in [0.1, 0.15) is 31.5 Å². The Morgan fingerprint density at radius 3 is 2.64 bits per heavy atom. The van der Waals surface area contributed by atoms with Gasteiger partial charge in [0, 0.05) is 19.0 Å². The van der Waals surface area contributed by atoms with E-state index in [0.29, 0.717) is 37.4 Å². The van der Waals surface area contributed by atoms with Crippen LogP contribution in [0.15, 0.2) is 35.5 Å². The van der Waals surface area contributed by atoms with Gasteiger partial charge in [-0.25, -0.2) is 9.67 Å². The molecule has 2 fully saturated rings. The van der Waals surface area contributed by atoms with Crippen molar-refractivity contribution in [3.63, 3.8) is 0 Å². The quantitative estimate of drug-likeness (QED) is 0.769. The second kappa shape index (κ2) is 7.17. The largest absolute Gasteiger partial charge is 0.378 e. The highest BCUT2D eigenvalue weighted by atomic mass is 32.2. The molecule has 1 atom stereocenters. The molecule has 1 amide bonds. The highest BCUT2D eigenvalue weighted by Crippen LogP contribution is 2.40. The van der Waals surface area contributed by atoms with Gasteiger partial charge in [0.2, 0.25) is 11.1 Å². The van der Waals surface area contributed by atoms with Crippen LogP contribution in [0.25, 0.3) is 5.69 Å². The van der Waals surface area contributed by atoms with Gasteiger partial charge < -0.3 is 9.64 Å². The van der Waals surface area contributed by atoms with E-state index in [2.05, 4.69) is 5.10 Å². The molecule has 2 aliphatic rings. The summed E-state index contributed by atoms with van der Waals surface area (Å²) < 4.78 is 7.26. The number of para-hydroxylation sites is 1. The first-order valence-corrected chi connectivity index (χ1v) is 9.66. The fourth-order valence-corrected chi connectivity index (χ4v) is 3.81. The lowest BCUT2D eigenvalue weighted by Crippen LogP contribution is -2.44. The average Bonchev–Trinajstić information content (AvgIpc) is 3.43. The minimum atomic E-state index is -0.197. The average molecular weight is 358 g/mol. The van der Waals surface area contributed by atoms with E-state index in [1.165, 1.54) is 11.8 Å². The third kappa shape index (κ3) is 3.72. The number of nitrogens with zero attached hydrogens (tertiary/aromatic N) is 4. The maximum atomic E-state index is 12.6. The summed E-state index contributed by atoms with van der Waals surface area (Å²) in [6, 6.07) is 10.1. The molecule has 0 unspecified atom stereocenters. The number of hydrogen-bond donors (Lipinski definition) is 0. The second-order valence-electron chi connectivity index (χ2n) is 6.47. The second-order valence-corrected chi connectivity index (χ2v) is 7.78. The van der Waals surface area contributed by atoms with E-state index >= 15 is 0 Å². The Hall–Kier alpha value is -1.86. The maximum absolute atomic E-state index is 12.6. The highest BCUT2D eigenvalue weighted by molar-refractivity contribution is 8.00. The molecule has 0 radical (unpaired) electrons. The summed E-state index contributed by atoms with van der Waals surface area (Å²) in [5.41, 5.74) is 1.02. The van der Waals surface area contributed by atoms with Gasteiger partial charge in [0.15, 0.2) is 0 Å². The zero-order valence-electron chi connectivity index (χ0n) is 14.3. The van der Waals surface area contributed by atoms with Crippen molar-refractivity contribution in [3.8, 4) is 5.69 Å². The fourth-order valence-electron chi connectivity index (χ4n) is 2.97. The summed E-state index contributed by atoms with van der Waals surface area (Å²) in [7, 11) is 0. The van der Waals surface area contributed by atoms with Crippen LogP contribution >= 0.6 is 11.8 Å². The predicted molar refractivity (Wildman–Crippen MR) is 96.1 cm³/mol. The van der Waals surface area contributed by atoms with Gasteiger partial charge in [-0.2, -0.15) is 0 Å². The van der Waals surface area contributed by atoms with Gasteiger partial charge in [-0.1, -0.05) is 30.0 Å². The molecule has 1 aromatic carbocycles. The number of morpholine rings is 1. The first kappa shape index (κ1) is 16.6. The Kier molecular flexibility index (Phi) is 4.76. The van der Waals surface area contributed by atoms with Crippen LogP contribution in [0.5, 0.6) is 0 Å². The third-order valence-corrected chi connectivity index (χ3v) is 5.45. The fraction of sp³-hybridized carbons (Fsp3) is 0.500. The number of carbonyl (C=O) groups excluding carboxylic acids is 1. The monoisotopic (exact) mass is 358 g/mol. The van der Waals surface area contributed by atoms with Crippen LogP contribution in [0.2, 0.25) is 0 Å². The van der Waals surface area contributed by atoms with Gasteiger partial charge >= 0.3 is 0 Å². The number of hydrogen-bond acceptors (Lipinski definition) is 5. The summed E-state index contributed by atoms with van der Waals surface area (Å²) in [6.45, 7) is 4.51. The molecule has 0 bridgehead atoms. The van der Waals surface area contributed by atoms with Crippen molar-refractivity contribution in [2.75, 3.05) is 26.3 Å². The molecule has 132 valence electrons. The van der Waals surface area contributed by atoms with Crippen LogP contribution in [0, 0.1) is 0 Å². The van der Waals surface area contributed by atoms with E-state index in [-0.39, 0.29) is 11.2 Å². The summed E-state index contributed by atoms with van der Waals surface area (Å²) >= 11 is 1.45. The van der Waals surface area contributed by atoms with Gasteiger partial charge in [-0.15, -0.1) is 5.10 Å². The molecule has 1 aliphatic heterocycles. The highest BCUT2D eigenvalue weighted by Gasteiger charge is 2.31. The lowest BCUT2D eigenvalue weighted by atomic mass is 10.3. The Morgan fingerprint density at radius 2 is 1.96 bits per heavy atom. The van der Waals surface area contributed by atoms with Crippen molar-refractivity contribution in [3.05, 3.63) is 36.2 Å². The standard InChI is InChI=1S/C18H22N4O2S/c1-13(17(23)21-9-11-24-12-10-21)25-18-19-16(14-7-8-14)22(20-18)15-5-3-2-4-6-15/h2-6,13-14H,7-12H2,1H3/t13-/m1/s1. The van der Waals surface area contributed by atoms with Crippen LogP contribution in [0.3, 0.4) is 0 Å². The minimum Gasteiger partial charge on any atom is -0.378 e. The first-order valence-electron chi connectivity index (χ1n) is 8.78. The van der Waals surface area contributed by atoms with Gasteiger partial charge in [-0.3, -0.25) is 4.79 Å². The molecular formula is C18H22N4O2S. The van der Waals surface area contributed by atoms with Gasteiger partial charge in [-0.05, 0) is 31.9 Å². The number of amides is 1. The predicted octanol–water partition coefficient (Wildman–Crippen LogP) is 2.48. The third-order valence-electron chi connectivity index (χ3n) is 4.51. The van der Waals surface area contributed by atoms with E-state index in [9.17, 15) is 4.79 Å². The van der Waals surface area contributed by atoms with E-state index < -0.39 is 0 Å². The Bertz CT molecular complexity index is 739. The number of rotatable bonds is 5. The van der Waals surface area contributed by atoms with E-state index in [4.69, 9.17) is 9.72 Å². The number of carbonyl (C=O) groups is 1. The zero-order chi connectivity index (χ0) is 17.2. The first-order chi connectivity index (χ1) is 12.2. The zero-order valence-corrected chi connectivity index (χ0v) is 15.1. The summed E-state index contributed by atoms with van der Waals surface area (Å²) in [5.74, 6) is 1.64. The molecule has 1 saturated carbocycles. The van der Waals surface area contributed by atoms with Crippen LogP contribution in [0.4, 0.5) is 0 Å². The normalized spacial score (nSPS) is 19.0. The molecule has 0 N–H and O–H groups in total. The Labute approximate surface area is 151 Å². The van der Waals surface area contributed by atoms with Crippen molar-refractivity contribution in [2.45, 2.75) is 36.1 Å². The number of benzene rings is 1.